The average Bonchev–Trinajstić information content (AvgIpc) is 1.62. The summed E-state index contributed by atoms with van der Waals surface area (Å²) in [5, 5.41) is 8.42. The van der Waals surface area contributed by atoms with Gasteiger partial charge in [-0.1, -0.05) is 20.8 Å². The summed E-state index contributed by atoms with van der Waals surface area (Å²) in [5.41, 5.74) is 0.0241. The lowest BCUT2D eigenvalue weighted by atomic mass is 9.92. The van der Waals surface area contributed by atoms with Gasteiger partial charge in [0, 0.05) is 0 Å². The van der Waals surface area contributed by atoms with E-state index in [-0.39, 0.29) is 17.4 Å². The van der Waals surface area contributed by atoms with Gasteiger partial charge < -0.3 is 5.11 Å². The molecule has 0 heterocycles. The van der Waals surface area contributed by atoms with Crippen molar-refractivity contribution in [2.45, 2.75) is 26.1 Å². The normalized spacial score (nSPS) is 16.1. The zero-order valence-corrected chi connectivity index (χ0v) is 6.37. The molecule has 0 aliphatic carbocycles. The van der Waals surface area contributed by atoms with Crippen molar-refractivity contribution in [1.29, 1.82) is 0 Å². The Labute approximate surface area is 55.7 Å². The van der Waals surface area contributed by atoms with Crippen LogP contribution in [-0.2, 0) is 0 Å². The van der Waals surface area contributed by atoms with Gasteiger partial charge in [0.05, 0.1) is 12.0 Å². The standard InChI is InChI=1S/C6H13ClO/c1-6(2,3)5(7)4-8/h5,8H,4H2,1-3H3/t5-/m1/s1. The van der Waals surface area contributed by atoms with Gasteiger partial charge in [-0.3, -0.25) is 0 Å². The molecule has 8 heavy (non-hydrogen) atoms. The Morgan fingerprint density at radius 2 is 1.88 bits per heavy atom. The molecule has 0 aromatic carbocycles. The number of alkyl halides is 1. The summed E-state index contributed by atoms with van der Waals surface area (Å²) in [5.74, 6) is 0. The minimum absolute atomic E-state index is 0.0241. The molecule has 0 saturated carbocycles. The van der Waals surface area contributed by atoms with Crippen molar-refractivity contribution in [2.24, 2.45) is 5.41 Å². The van der Waals surface area contributed by atoms with E-state index in [4.69, 9.17) is 16.7 Å². The highest BCUT2D eigenvalue weighted by molar-refractivity contribution is 6.21. The third kappa shape index (κ3) is 2.53. The summed E-state index contributed by atoms with van der Waals surface area (Å²) < 4.78 is 0. The third-order valence-corrected chi connectivity index (χ3v) is 1.89. The molecular weight excluding hydrogens is 124 g/mol. The summed E-state index contributed by atoms with van der Waals surface area (Å²) in [6.45, 7) is 6.06. The first kappa shape index (κ1) is 8.25. The minimum atomic E-state index is -0.123. The molecule has 0 radical (unpaired) electrons. The maximum absolute atomic E-state index is 8.54. The Morgan fingerprint density at radius 1 is 1.50 bits per heavy atom. The molecule has 2 heteroatoms. The number of halogens is 1. The van der Waals surface area contributed by atoms with Crippen LogP contribution in [0.5, 0.6) is 0 Å². The van der Waals surface area contributed by atoms with Crippen LogP contribution in [-0.4, -0.2) is 17.1 Å². The summed E-state index contributed by atoms with van der Waals surface area (Å²) in [4.78, 5) is 0. The van der Waals surface area contributed by atoms with Gasteiger partial charge in [-0.2, -0.15) is 0 Å². The fraction of sp³-hybridized carbons (Fsp3) is 1.00. The molecule has 0 rings (SSSR count). The molecule has 0 aromatic heterocycles. The molecule has 0 aliphatic rings. The molecule has 0 fully saturated rings. The van der Waals surface area contributed by atoms with Gasteiger partial charge in [0.1, 0.15) is 0 Å². The van der Waals surface area contributed by atoms with Crippen LogP contribution in [0.2, 0.25) is 0 Å². The zero-order chi connectivity index (χ0) is 6.78. The van der Waals surface area contributed by atoms with Crippen molar-refractivity contribution in [3.05, 3.63) is 0 Å². The highest BCUT2D eigenvalue weighted by Crippen LogP contribution is 2.23. The first-order chi connectivity index (χ1) is 3.48. The Hall–Kier alpha value is 0.250. The van der Waals surface area contributed by atoms with E-state index in [1.807, 2.05) is 20.8 Å². The van der Waals surface area contributed by atoms with Gasteiger partial charge in [-0.25, -0.2) is 0 Å². The average molecular weight is 137 g/mol. The molecule has 1 N–H and O–H groups in total. The van der Waals surface area contributed by atoms with E-state index in [9.17, 15) is 0 Å². The van der Waals surface area contributed by atoms with Crippen LogP contribution in [0.4, 0.5) is 0 Å². The van der Waals surface area contributed by atoms with Crippen LogP contribution < -0.4 is 0 Å². The first-order valence-electron chi connectivity index (χ1n) is 2.73. The number of hydrogen-bond donors (Lipinski definition) is 1. The van der Waals surface area contributed by atoms with Crippen molar-refractivity contribution in [1.82, 2.24) is 0 Å². The predicted molar refractivity (Wildman–Crippen MR) is 36.2 cm³/mol. The van der Waals surface area contributed by atoms with E-state index in [2.05, 4.69) is 0 Å². The Bertz CT molecular complexity index is 65.4. The molecule has 1 atom stereocenters. The lowest BCUT2D eigenvalue weighted by Gasteiger charge is -2.22. The van der Waals surface area contributed by atoms with Gasteiger partial charge in [0.15, 0.2) is 0 Å². The van der Waals surface area contributed by atoms with Crippen molar-refractivity contribution in [3.8, 4) is 0 Å². The van der Waals surface area contributed by atoms with E-state index in [1.54, 1.807) is 0 Å². The third-order valence-electron chi connectivity index (χ3n) is 1.10. The molecule has 0 spiro atoms. The monoisotopic (exact) mass is 136 g/mol. The summed E-state index contributed by atoms with van der Waals surface area (Å²) in [7, 11) is 0. The maximum atomic E-state index is 8.54. The second kappa shape index (κ2) is 2.70. The van der Waals surface area contributed by atoms with Gasteiger partial charge in [0.2, 0.25) is 0 Å². The Balaban J connectivity index is 3.62. The largest absolute Gasteiger partial charge is 0.395 e. The van der Waals surface area contributed by atoms with Gasteiger partial charge in [0.25, 0.3) is 0 Å². The molecular formula is C6H13ClO. The zero-order valence-electron chi connectivity index (χ0n) is 5.61. The van der Waals surface area contributed by atoms with Crippen molar-refractivity contribution in [2.75, 3.05) is 6.61 Å². The van der Waals surface area contributed by atoms with E-state index in [0.717, 1.165) is 0 Å². The van der Waals surface area contributed by atoms with Crippen molar-refractivity contribution < 1.29 is 5.11 Å². The van der Waals surface area contributed by atoms with E-state index >= 15 is 0 Å². The van der Waals surface area contributed by atoms with Gasteiger partial charge in [-0.15, -0.1) is 11.6 Å². The molecule has 50 valence electrons. The Morgan fingerprint density at radius 3 is 1.88 bits per heavy atom. The SMILES string of the molecule is CC(C)(C)[C@H](Cl)CO. The van der Waals surface area contributed by atoms with Crippen molar-refractivity contribution in [3.63, 3.8) is 0 Å². The van der Waals surface area contributed by atoms with Crippen LogP contribution in [0.15, 0.2) is 0 Å². The fourth-order valence-corrected chi connectivity index (χ4v) is 0.274. The minimum Gasteiger partial charge on any atom is -0.395 e. The Kier molecular flexibility index (Phi) is 2.78. The van der Waals surface area contributed by atoms with Crippen molar-refractivity contribution >= 4 is 11.6 Å². The second-order valence-electron chi connectivity index (χ2n) is 3.02. The highest BCUT2D eigenvalue weighted by Gasteiger charge is 2.20. The topological polar surface area (TPSA) is 20.2 Å². The molecule has 1 nitrogen and oxygen atoms in total. The van der Waals surface area contributed by atoms with Crippen LogP contribution in [0.1, 0.15) is 20.8 Å². The van der Waals surface area contributed by atoms with Crippen LogP contribution >= 0.6 is 11.6 Å². The number of aliphatic hydroxyl groups excluding tert-OH is 1. The number of hydrogen-bond acceptors (Lipinski definition) is 1. The second-order valence-corrected chi connectivity index (χ2v) is 3.54. The molecule has 0 bridgehead atoms. The van der Waals surface area contributed by atoms with E-state index < -0.39 is 0 Å². The molecule has 0 saturated heterocycles. The smallest absolute Gasteiger partial charge is 0.0615 e. The molecule has 0 aromatic rings. The van der Waals surface area contributed by atoms with Gasteiger partial charge >= 0.3 is 0 Å². The lowest BCUT2D eigenvalue weighted by molar-refractivity contribution is 0.231. The summed E-state index contributed by atoms with van der Waals surface area (Å²) in [6, 6.07) is 0. The van der Waals surface area contributed by atoms with E-state index in [1.165, 1.54) is 0 Å². The summed E-state index contributed by atoms with van der Waals surface area (Å²) in [6.07, 6.45) is 0. The predicted octanol–water partition coefficient (Wildman–Crippen LogP) is 1.63. The van der Waals surface area contributed by atoms with Crippen LogP contribution in [0.3, 0.4) is 0 Å². The van der Waals surface area contributed by atoms with Crippen LogP contribution in [0.25, 0.3) is 0 Å². The maximum Gasteiger partial charge on any atom is 0.0615 e. The first-order valence-corrected chi connectivity index (χ1v) is 3.17. The van der Waals surface area contributed by atoms with Gasteiger partial charge in [-0.05, 0) is 5.41 Å². The fourth-order valence-electron chi connectivity index (χ4n) is 0.274. The molecule has 0 aliphatic heterocycles. The summed E-state index contributed by atoms with van der Waals surface area (Å²) >= 11 is 5.69. The molecule has 0 unspecified atom stereocenters. The number of rotatable bonds is 1. The highest BCUT2D eigenvalue weighted by atomic mass is 35.5. The lowest BCUT2D eigenvalue weighted by Crippen LogP contribution is -2.23. The van der Waals surface area contributed by atoms with E-state index in [0.29, 0.717) is 0 Å². The quantitative estimate of drug-likeness (QED) is 0.544. The van der Waals surface area contributed by atoms with Crippen LogP contribution in [0, 0.1) is 5.41 Å². The molecule has 0 amide bonds. The number of aliphatic hydroxyl groups is 1.